The van der Waals surface area contributed by atoms with Crippen LogP contribution in [0.5, 0.6) is 0 Å². The minimum absolute atomic E-state index is 0.316. The Labute approximate surface area is 130 Å². The number of hydrogen-bond acceptors (Lipinski definition) is 3. The van der Waals surface area contributed by atoms with Gasteiger partial charge in [-0.15, -0.1) is 0 Å². The fraction of sp³-hybridized carbons (Fsp3) is 0.389. The maximum absolute atomic E-state index is 11.9. The molecule has 0 bridgehead atoms. The van der Waals surface area contributed by atoms with Crippen LogP contribution in [0.3, 0.4) is 0 Å². The molecule has 0 fully saturated rings. The molecule has 0 aliphatic rings. The van der Waals surface area contributed by atoms with Crippen LogP contribution < -0.4 is 5.32 Å². The number of ketones is 1. The van der Waals surface area contributed by atoms with Crippen molar-refractivity contribution in [3.05, 3.63) is 36.5 Å². The number of fused-ring (bicyclic) bond motifs is 1. The van der Waals surface area contributed by atoms with E-state index in [1.807, 2.05) is 30.3 Å². The third-order valence-corrected chi connectivity index (χ3v) is 3.61. The van der Waals surface area contributed by atoms with Crippen LogP contribution in [0.2, 0.25) is 0 Å². The monoisotopic (exact) mass is 298 g/mol. The summed E-state index contributed by atoms with van der Waals surface area (Å²) in [5.74, 6) is -0.905. The van der Waals surface area contributed by atoms with Gasteiger partial charge in [-0.05, 0) is 18.6 Å². The van der Waals surface area contributed by atoms with Gasteiger partial charge >= 0.3 is 0 Å². The van der Waals surface area contributed by atoms with Gasteiger partial charge in [0.15, 0.2) is 0 Å². The lowest BCUT2D eigenvalue weighted by molar-refractivity contribution is -0.134. The van der Waals surface area contributed by atoms with Gasteiger partial charge in [0, 0.05) is 11.8 Å². The number of Topliss-reactive ketones (excluding diaryl/α,β-unsaturated/α-hetero) is 1. The number of rotatable bonds is 8. The fourth-order valence-corrected chi connectivity index (χ4v) is 2.34. The van der Waals surface area contributed by atoms with Gasteiger partial charge in [0.1, 0.15) is 0 Å². The average molecular weight is 298 g/mol. The largest absolute Gasteiger partial charge is 0.318 e. The number of aromatic nitrogens is 1. The minimum Gasteiger partial charge on any atom is -0.318 e. The van der Waals surface area contributed by atoms with Gasteiger partial charge in [-0.25, -0.2) is 0 Å². The SMILES string of the molecule is CCCCCCCC(=O)C(=O)Nc1cnc2ccccc2c1. The molecule has 0 atom stereocenters. The molecule has 1 aromatic heterocycles. The number of nitrogens with one attached hydrogen (secondary N) is 1. The van der Waals surface area contributed by atoms with Crippen LogP contribution in [0, 0.1) is 0 Å². The van der Waals surface area contributed by atoms with Crippen LogP contribution in [0.15, 0.2) is 36.5 Å². The molecule has 116 valence electrons. The summed E-state index contributed by atoms with van der Waals surface area (Å²) < 4.78 is 0. The van der Waals surface area contributed by atoms with Crippen molar-refractivity contribution in [2.24, 2.45) is 0 Å². The number of anilines is 1. The number of hydrogen-bond donors (Lipinski definition) is 1. The molecule has 0 radical (unpaired) electrons. The molecule has 0 aliphatic heterocycles. The first-order valence-corrected chi connectivity index (χ1v) is 7.89. The zero-order valence-corrected chi connectivity index (χ0v) is 13.0. The zero-order valence-electron chi connectivity index (χ0n) is 13.0. The smallest absolute Gasteiger partial charge is 0.291 e. The summed E-state index contributed by atoms with van der Waals surface area (Å²) in [6.45, 7) is 2.15. The van der Waals surface area contributed by atoms with E-state index in [0.29, 0.717) is 12.1 Å². The van der Waals surface area contributed by atoms with Crippen LogP contribution in [-0.2, 0) is 9.59 Å². The Kier molecular flexibility index (Phi) is 6.07. The van der Waals surface area contributed by atoms with Crippen molar-refractivity contribution in [3.8, 4) is 0 Å². The normalized spacial score (nSPS) is 10.6. The van der Waals surface area contributed by atoms with Gasteiger partial charge in [-0.2, -0.15) is 0 Å². The molecule has 0 spiro atoms. The Hall–Kier alpha value is -2.23. The molecule has 0 aliphatic carbocycles. The van der Waals surface area contributed by atoms with Gasteiger partial charge in [0.05, 0.1) is 17.4 Å². The van der Waals surface area contributed by atoms with E-state index in [1.165, 1.54) is 12.8 Å². The molecule has 1 N–H and O–H groups in total. The molecule has 0 unspecified atom stereocenters. The van der Waals surface area contributed by atoms with Gasteiger partial charge in [0.2, 0.25) is 5.78 Å². The number of nitrogens with zero attached hydrogens (tertiary/aromatic N) is 1. The minimum atomic E-state index is -0.549. The molecule has 2 rings (SSSR count). The molecule has 4 nitrogen and oxygen atoms in total. The van der Waals surface area contributed by atoms with Gasteiger partial charge in [0.25, 0.3) is 5.91 Å². The van der Waals surface area contributed by atoms with Crippen molar-refractivity contribution in [2.75, 3.05) is 5.32 Å². The molecule has 0 saturated carbocycles. The molecule has 2 aromatic rings. The van der Waals surface area contributed by atoms with E-state index < -0.39 is 5.91 Å². The molecule has 1 amide bonds. The summed E-state index contributed by atoms with van der Waals surface area (Å²) in [6, 6.07) is 9.48. The molecule has 0 saturated heterocycles. The predicted octanol–water partition coefficient (Wildman–Crippen LogP) is 4.10. The Morgan fingerprint density at radius 1 is 1.09 bits per heavy atom. The van der Waals surface area contributed by atoms with Crippen LogP contribution in [0.1, 0.15) is 45.4 Å². The third kappa shape index (κ3) is 4.65. The van der Waals surface area contributed by atoms with Crippen molar-refractivity contribution in [1.29, 1.82) is 0 Å². The first-order chi connectivity index (χ1) is 10.7. The lowest BCUT2D eigenvalue weighted by atomic mass is 10.1. The highest BCUT2D eigenvalue weighted by molar-refractivity contribution is 6.40. The standard InChI is InChI=1S/C18H22N2O2/c1-2-3-4-5-6-11-17(21)18(22)20-15-12-14-9-7-8-10-16(14)19-13-15/h7-10,12-13H,2-6,11H2,1H3,(H,20,22). The van der Waals surface area contributed by atoms with Gasteiger partial charge < -0.3 is 5.32 Å². The maximum Gasteiger partial charge on any atom is 0.291 e. The lowest BCUT2D eigenvalue weighted by Crippen LogP contribution is -2.22. The van der Waals surface area contributed by atoms with Gasteiger partial charge in [-0.3, -0.25) is 14.6 Å². The molecule has 4 heteroatoms. The third-order valence-electron chi connectivity index (χ3n) is 3.61. The predicted molar refractivity (Wildman–Crippen MR) is 88.8 cm³/mol. The van der Waals surface area contributed by atoms with Crippen LogP contribution >= 0.6 is 0 Å². The first-order valence-electron chi connectivity index (χ1n) is 7.89. The number of amides is 1. The van der Waals surface area contributed by atoms with E-state index >= 15 is 0 Å². The number of unbranched alkanes of at least 4 members (excludes halogenated alkanes) is 4. The summed E-state index contributed by atoms with van der Waals surface area (Å²) in [4.78, 5) is 28.0. The summed E-state index contributed by atoms with van der Waals surface area (Å²) in [5, 5.41) is 3.57. The maximum atomic E-state index is 11.9. The number of carbonyl (C=O) groups excluding carboxylic acids is 2. The average Bonchev–Trinajstić information content (AvgIpc) is 2.54. The molecule has 1 heterocycles. The van der Waals surface area contributed by atoms with E-state index in [2.05, 4.69) is 17.2 Å². The Balaban J connectivity index is 1.85. The van der Waals surface area contributed by atoms with Gasteiger partial charge in [-0.1, -0.05) is 50.8 Å². The Morgan fingerprint density at radius 3 is 2.68 bits per heavy atom. The number of benzene rings is 1. The highest BCUT2D eigenvalue weighted by Crippen LogP contribution is 2.16. The topological polar surface area (TPSA) is 59.1 Å². The van der Waals surface area contributed by atoms with E-state index in [0.717, 1.165) is 30.2 Å². The quantitative estimate of drug-likeness (QED) is 0.589. The second-order valence-corrected chi connectivity index (χ2v) is 5.46. The number of para-hydroxylation sites is 1. The number of carbonyl (C=O) groups is 2. The zero-order chi connectivity index (χ0) is 15.8. The van der Waals surface area contributed by atoms with E-state index in [9.17, 15) is 9.59 Å². The summed E-state index contributed by atoms with van der Waals surface area (Å²) in [7, 11) is 0. The van der Waals surface area contributed by atoms with Crippen LogP contribution in [-0.4, -0.2) is 16.7 Å². The molecular formula is C18H22N2O2. The molecule has 22 heavy (non-hydrogen) atoms. The molecule has 1 aromatic carbocycles. The Bertz CT molecular complexity index is 652. The van der Waals surface area contributed by atoms with Crippen LogP contribution in [0.4, 0.5) is 5.69 Å². The fourth-order valence-electron chi connectivity index (χ4n) is 2.34. The first kappa shape index (κ1) is 16.1. The summed E-state index contributed by atoms with van der Waals surface area (Å²) in [6.07, 6.45) is 7.16. The van der Waals surface area contributed by atoms with Crippen molar-refractivity contribution >= 4 is 28.3 Å². The van der Waals surface area contributed by atoms with Crippen molar-refractivity contribution in [2.45, 2.75) is 45.4 Å². The van der Waals surface area contributed by atoms with E-state index in [-0.39, 0.29) is 5.78 Å². The second-order valence-electron chi connectivity index (χ2n) is 5.46. The van der Waals surface area contributed by atoms with Crippen molar-refractivity contribution in [3.63, 3.8) is 0 Å². The highest BCUT2D eigenvalue weighted by atomic mass is 16.2. The molecular weight excluding hydrogens is 276 g/mol. The number of pyridine rings is 1. The van der Waals surface area contributed by atoms with Crippen molar-refractivity contribution < 1.29 is 9.59 Å². The highest BCUT2D eigenvalue weighted by Gasteiger charge is 2.13. The lowest BCUT2D eigenvalue weighted by Gasteiger charge is -2.05. The van der Waals surface area contributed by atoms with Crippen LogP contribution in [0.25, 0.3) is 10.9 Å². The summed E-state index contributed by atoms with van der Waals surface area (Å²) >= 11 is 0. The van der Waals surface area contributed by atoms with E-state index in [4.69, 9.17) is 0 Å². The Morgan fingerprint density at radius 2 is 1.86 bits per heavy atom. The second kappa shape index (κ2) is 8.27. The van der Waals surface area contributed by atoms with E-state index in [1.54, 1.807) is 6.20 Å². The summed E-state index contributed by atoms with van der Waals surface area (Å²) in [5.41, 5.74) is 1.42. The van der Waals surface area contributed by atoms with Crippen molar-refractivity contribution in [1.82, 2.24) is 4.98 Å².